The molecule has 0 heterocycles. The molecular formula is C14H19N3O3. The molecule has 1 aromatic carbocycles. The van der Waals surface area contributed by atoms with E-state index in [4.69, 9.17) is 10.5 Å². The van der Waals surface area contributed by atoms with Gasteiger partial charge in [-0.15, -0.1) is 0 Å². The zero-order chi connectivity index (χ0) is 14.4. The largest absolute Gasteiger partial charge is 0.491 e. The average molecular weight is 277 g/mol. The molecule has 0 bridgehead atoms. The highest BCUT2D eigenvalue weighted by atomic mass is 16.5. The van der Waals surface area contributed by atoms with Crippen LogP contribution in [0, 0.1) is 0 Å². The number of anilines is 1. The Hall–Kier alpha value is -2.24. The number of amides is 2. The van der Waals surface area contributed by atoms with E-state index in [9.17, 15) is 9.59 Å². The molecule has 6 nitrogen and oxygen atoms in total. The van der Waals surface area contributed by atoms with Crippen molar-refractivity contribution in [2.45, 2.75) is 25.3 Å². The van der Waals surface area contributed by atoms with E-state index < -0.39 is 0 Å². The summed E-state index contributed by atoms with van der Waals surface area (Å²) in [5.41, 5.74) is 6.25. The van der Waals surface area contributed by atoms with Crippen molar-refractivity contribution in [3.05, 3.63) is 24.3 Å². The highest BCUT2D eigenvalue weighted by molar-refractivity contribution is 5.84. The van der Waals surface area contributed by atoms with Crippen molar-refractivity contribution in [2.24, 2.45) is 0 Å². The van der Waals surface area contributed by atoms with Gasteiger partial charge < -0.3 is 21.1 Å². The van der Waals surface area contributed by atoms with E-state index in [0.717, 1.165) is 12.8 Å². The Morgan fingerprint density at radius 2 is 2.00 bits per heavy atom. The van der Waals surface area contributed by atoms with Crippen LogP contribution in [0.15, 0.2) is 24.3 Å². The monoisotopic (exact) mass is 277 g/mol. The summed E-state index contributed by atoms with van der Waals surface area (Å²) >= 11 is 0. The topological polar surface area (TPSA) is 93.4 Å². The van der Waals surface area contributed by atoms with Gasteiger partial charge in [0.05, 0.1) is 25.3 Å². The Morgan fingerprint density at radius 3 is 2.70 bits per heavy atom. The first-order valence-corrected chi connectivity index (χ1v) is 6.68. The summed E-state index contributed by atoms with van der Waals surface area (Å²) in [5, 5.41) is 5.35. The molecule has 0 atom stereocenters. The SMILES string of the molecule is Nc1ccccc1OCCC(=O)NCC(=O)NC1CC1. The molecule has 6 heteroatoms. The minimum atomic E-state index is -0.217. The van der Waals surface area contributed by atoms with Crippen LogP contribution >= 0.6 is 0 Å². The van der Waals surface area contributed by atoms with Crippen LogP contribution in [0.4, 0.5) is 5.69 Å². The summed E-state index contributed by atoms with van der Waals surface area (Å²) in [6.45, 7) is 0.243. The predicted molar refractivity (Wildman–Crippen MR) is 75.1 cm³/mol. The Morgan fingerprint density at radius 1 is 1.25 bits per heavy atom. The fourth-order valence-corrected chi connectivity index (χ4v) is 1.64. The van der Waals surface area contributed by atoms with Gasteiger partial charge in [0.15, 0.2) is 0 Å². The van der Waals surface area contributed by atoms with Crippen LogP contribution in [0.1, 0.15) is 19.3 Å². The highest BCUT2D eigenvalue weighted by Crippen LogP contribution is 2.19. The number of nitrogens with one attached hydrogen (secondary N) is 2. The van der Waals surface area contributed by atoms with Crippen molar-refractivity contribution in [3.63, 3.8) is 0 Å². The van der Waals surface area contributed by atoms with E-state index in [1.807, 2.05) is 12.1 Å². The minimum Gasteiger partial charge on any atom is -0.491 e. The summed E-state index contributed by atoms with van der Waals surface area (Å²) < 4.78 is 5.40. The van der Waals surface area contributed by atoms with Gasteiger partial charge in [0.25, 0.3) is 0 Å². The molecule has 1 fully saturated rings. The smallest absolute Gasteiger partial charge is 0.239 e. The summed E-state index contributed by atoms with van der Waals surface area (Å²) in [5.74, 6) is 0.200. The molecule has 1 aliphatic carbocycles. The highest BCUT2D eigenvalue weighted by Gasteiger charge is 2.23. The van der Waals surface area contributed by atoms with E-state index in [-0.39, 0.29) is 31.4 Å². The fourth-order valence-electron chi connectivity index (χ4n) is 1.64. The third-order valence-corrected chi connectivity index (χ3v) is 2.89. The molecule has 0 radical (unpaired) electrons. The van der Waals surface area contributed by atoms with Gasteiger partial charge in [-0.2, -0.15) is 0 Å². The molecule has 1 aliphatic rings. The molecule has 2 rings (SSSR count). The maximum Gasteiger partial charge on any atom is 0.239 e. The van der Waals surface area contributed by atoms with Crippen LogP contribution < -0.4 is 21.1 Å². The van der Waals surface area contributed by atoms with E-state index in [2.05, 4.69) is 10.6 Å². The second-order valence-electron chi connectivity index (χ2n) is 4.75. The van der Waals surface area contributed by atoms with Gasteiger partial charge in [-0.05, 0) is 25.0 Å². The van der Waals surface area contributed by atoms with Gasteiger partial charge >= 0.3 is 0 Å². The van der Waals surface area contributed by atoms with E-state index >= 15 is 0 Å². The Kier molecular flexibility index (Phi) is 4.81. The molecule has 108 valence electrons. The number of carbonyl (C=O) groups excluding carboxylic acids is 2. The molecule has 2 amide bonds. The van der Waals surface area contributed by atoms with Crippen LogP contribution in [0.5, 0.6) is 5.75 Å². The maximum atomic E-state index is 11.5. The first kappa shape index (κ1) is 14.2. The van der Waals surface area contributed by atoms with Crippen molar-refractivity contribution in [2.75, 3.05) is 18.9 Å². The third-order valence-electron chi connectivity index (χ3n) is 2.89. The number of ether oxygens (including phenoxy) is 1. The lowest BCUT2D eigenvalue weighted by Gasteiger charge is -2.09. The van der Waals surface area contributed by atoms with Crippen molar-refractivity contribution in [1.29, 1.82) is 0 Å². The number of benzene rings is 1. The molecule has 4 N–H and O–H groups in total. The molecular weight excluding hydrogens is 258 g/mol. The van der Waals surface area contributed by atoms with Crippen molar-refractivity contribution in [1.82, 2.24) is 10.6 Å². The zero-order valence-corrected chi connectivity index (χ0v) is 11.2. The summed E-state index contributed by atoms with van der Waals surface area (Å²) in [6, 6.07) is 7.42. The minimum absolute atomic E-state index is 0.0167. The van der Waals surface area contributed by atoms with E-state index in [1.165, 1.54) is 0 Å². The molecule has 1 aromatic rings. The van der Waals surface area contributed by atoms with Crippen LogP contribution in [0.2, 0.25) is 0 Å². The van der Waals surface area contributed by atoms with Crippen LogP contribution in [0.3, 0.4) is 0 Å². The van der Waals surface area contributed by atoms with Crippen molar-refractivity contribution >= 4 is 17.5 Å². The number of nitrogens with two attached hydrogens (primary N) is 1. The lowest BCUT2D eigenvalue weighted by molar-refractivity contribution is -0.126. The molecule has 1 saturated carbocycles. The van der Waals surface area contributed by atoms with E-state index in [0.29, 0.717) is 17.5 Å². The van der Waals surface area contributed by atoms with Gasteiger partial charge in [0, 0.05) is 6.04 Å². The number of rotatable bonds is 7. The quantitative estimate of drug-likeness (QED) is 0.630. The molecule has 0 spiro atoms. The van der Waals surface area contributed by atoms with E-state index in [1.54, 1.807) is 12.1 Å². The molecule has 0 aromatic heterocycles. The number of para-hydroxylation sites is 2. The van der Waals surface area contributed by atoms with Gasteiger partial charge in [-0.25, -0.2) is 0 Å². The first-order valence-electron chi connectivity index (χ1n) is 6.68. The third kappa shape index (κ3) is 4.79. The Balaban J connectivity index is 1.60. The fraction of sp³-hybridized carbons (Fsp3) is 0.429. The summed E-state index contributed by atoms with van der Waals surface area (Å²) in [7, 11) is 0. The molecule has 0 saturated heterocycles. The second kappa shape index (κ2) is 6.79. The summed E-state index contributed by atoms with van der Waals surface area (Å²) in [4.78, 5) is 22.9. The lowest BCUT2D eigenvalue weighted by Crippen LogP contribution is -2.38. The van der Waals surface area contributed by atoms with Crippen molar-refractivity contribution < 1.29 is 14.3 Å². The number of hydrogen-bond acceptors (Lipinski definition) is 4. The lowest BCUT2D eigenvalue weighted by atomic mass is 10.3. The van der Waals surface area contributed by atoms with Gasteiger partial charge in [-0.3, -0.25) is 9.59 Å². The second-order valence-corrected chi connectivity index (χ2v) is 4.75. The number of hydrogen-bond donors (Lipinski definition) is 3. The Bertz CT molecular complexity index is 486. The van der Waals surface area contributed by atoms with Gasteiger partial charge in [0.2, 0.25) is 11.8 Å². The number of nitrogen functional groups attached to an aromatic ring is 1. The summed E-state index contributed by atoms with van der Waals surface area (Å²) in [6.07, 6.45) is 2.25. The molecule has 0 aliphatic heterocycles. The number of carbonyl (C=O) groups is 2. The van der Waals surface area contributed by atoms with Gasteiger partial charge in [-0.1, -0.05) is 12.1 Å². The van der Waals surface area contributed by atoms with Crippen LogP contribution in [-0.2, 0) is 9.59 Å². The van der Waals surface area contributed by atoms with Crippen LogP contribution in [0.25, 0.3) is 0 Å². The van der Waals surface area contributed by atoms with Crippen LogP contribution in [-0.4, -0.2) is 31.0 Å². The van der Waals surface area contributed by atoms with Crippen molar-refractivity contribution in [3.8, 4) is 5.75 Å². The maximum absolute atomic E-state index is 11.5. The van der Waals surface area contributed by atoms with Gasteiger partial charge in [0.1, 0.15) is 5.75 Å². The normalized spacial score (nSPS) is 13.6. The average Bonchev–Trinajstić information content (AvgIpc) is 3.22. The zero-order valence-electron chi connectivity index (χ0n) is 11.2. The molecule has 20 heavy (non-hydrogen) atoms. The first-order chi connectivity index (χ1) is 9.65. The molecule has 0 unspecified atom stereocenters. The standard InChI is InChI=1S/C14H19N3O3/c15-11-3-1-2-4-12(11)20-8-7-13(18)16-9-14(19)17-10-5-6-10/h1-4,10H,5-9,15H2,(H,16,18)(H,17,19). The predicted octanol–water partition coefficient (Wildman–Crippen LogP) is 0.432. The Labute approximate surface area is 117 Å².